The van der Waals surface area contributed by atoms with Gasteiger partial charge >= 0.3 is 0 Å². The highest BCUT2D eigenvalue weighted by molar-refractivity contribution is 14.0. The van der Waals surface area contributed by atoms with E-state index in [0.717, 1.165) is 43.6 Å². The molecule has 1 unspecified atom stereocenters. The summed E-state index contributed by atoms with van der Waals surface area (Å²) in [4.78, 5) is 4.66. The molecule has 0 aromatic carbocycles. The first-order valence-corrected chi connectivity index (χ1v) is 8.09. The number of rotatable bonds is 5. The van der Waals surface area contributed by atoms with Crippen LogP contribution in [-0.2, 0) is 18.3 Å². The number of aromatic nitrogens is 3. The van der Waals surface area contributed by atoms with Crippen LogP contribution in [-0.4, -0.2) is 45.5 Å². The summed E-state index contributed by atoms with van der Waals surface area (Å²) in [6, 6.07) is 0.560. The fourth-order valence-corrected chi connectivity index (χ4v) is 2.56. The first-order valence-electron chi connectivity index (χ1n) is 8.09. The number of hydrogen-bond acceptors (Lipinski definition) is 4. The van der Waals surface area contributed by atoms with Crippen LogP contribution in [0.3, 0.4) is 0 Å². The molecule has 23 heavy (non-hydrogen) atoms. The van der Waals surface area contributed by atoms with Crippen LogP contribution in [0.1, 0.15) is 44.3 Å². The Labute approximate surface area is 154 Å². The molecule has 1 aromatic rings. The Hall–Kier alpha value is -0.900. The lowest BCUT2D eigenvalue weighted by atomic mass is 10.0. The van der Waals surface area contributed by atoms with Crippen LogP contribution >= 0.6 is 24.0 Å². The Morgan fingerprint density at radius 2 is 2.22 bits per heavy atom. The molecule has 0 spiro atoms. The summed E-state index contributed by atoms with van der Waals surface area (Å²) in [5.41, 5.74) is -0.0760. The molecule has 7 nitrogen and oxygen atoms in total. The SMILES string of the molecule is Cc1nnc(CN=C(NCC2(C)CCCO2)NC2CC2)n1C.I. The normalized spacial score (nSPS) is 24.4. The van der Waals surface area contributed by atoms with Crippen molar-refractivity contribution in [2.75, 3.05) is 13.2 Å². The number of nitrogens with zero attached hydrogens (tertiary/aromatic N) is 4. The molecule has 2 aliphatic rings. The fourth-order valence-electron chi connectivity index (χ4n) is 2.56. The van der Waals surface area contributed by atoms with Gasteiger partial charge in [-0.05, 0) is 39.5 Å². The van der Waals surface area contributed by atoms with E-state index >= 15 is 0 Å². The minimum Gasteiger partial charge on any atom is -0.373 e. The average molecular weight is 434 g/mol. The van der Waals surface area contributed by atoms with Gasteiger partial charge in [0.2, 0.25) is 0 Å². The Bertz CT molecular complexity index is 548. The maximum Gasteiger partial charge on any atom is 0.192 e. The number of aliphatic imine (C=N–C) groups is 1. The van der Waals surface area contributed by atoms with E-state index in [0.29, 0.717) is 12.6 Å². The standard InChI is InChI=1S/C15H26N6O.HI/c1-11-19-20-13(21(11)3)9-16-14(18-12-5-6-12)17-10-15(2)7-4-8-22-15;/h12H,4-10H2,1-3H3,(H2,16,17,18);1H. The van der Waals surface area contributed by atoms with Gasteiger partial charge in [0.05, 0.1) is 5.60 Å². The van der Waals surface area contributed by atoms with Gasteiger partial charge in [0.1, 0.15) is 12.4 Å². The minimum atomic E-state index is -0.0760. The van der Waals surface area contributed by atoms with Crippen LogP contribution in [0.25, 0.3) is 0 Å². The smallest absolute Gasteiger partial charge is 0.192 e. The summed E-state index contributed by atoms with van der Waals surface area (Å²) in [5, 5.41) is 15.1. The summed E-state index contributed by atoms with van der Waals surface area (Å²) >= 11 is 0. The third kappa shape index (κ3) is 5.03. The summed E-state index contributed by atoms with van der Waals surface area (Å²) in [6.45, 7) is 6.27. The van der Waals surface area contributed by atoms with Crippen LogP contribution in [0.4, 0.5) is 0 Å². The molecule has 0 amide bonds. The van der Waals surface area contributed by atoms with Crippen LogP contribution in [0, 0.1) is 6.92 Å². The topological polar surface area (TPSA) is 76.4 Å². The Balaban J connectivity index is 0.00000192. The van der Waals surface area contributed by atoms with Crippen molar-refractivity contribution in [3.63, 3.8) is 0 Å². The third-order valence-electron chi connectivity index (χ3n) is 4.41. The molecule has 8 heteroatoms. The van der Waals surface area contributed by atoms with Gasteiger partial charge in [-0.15, -0.1) is 34.2 Å². The van der Waals surface area contributed by atoms with E-state index in [-0.39, 0.29) is 29.6 Å². The van der Waals surface area contributed by atoms with Gasteiger partial charge < -0.3 is 19.9 Å². The zero-order valence-corrected chi connectivity index (χ0v) is 16.5. The Kier molecular flexibility index (Phi) is 6.24. The van der Waals surface area contributed by atoms with Gasteiger partial charge in [-0.1, -0.05) is 0 Å². The van der Waals surface area contributed by atoms with E-state index in [1.165, 1.54) is 12.8 Å². The summed E-state index contributed by atoms with van der Waals surface area (Å²) in [5.74, 6) is 2.62. The van der Waals surface area contributed by atoms with Crippen LogP contribution in [0.5, 0.6) is 0 Å². The Morgan fingerprint density at radius 3 is 2.78 bits per heavy atom. The highest BCUT2D eigenvalue weighted by Gasteiger charge is 2.30. The van der Waals surface area contributed by atoms with Crippen molar-refractivity contribution >= 4 is 29.9 Å². The number of guanidine groups is 1. The number of hydrogen-bond donors (Lipinski definition) is 2. The number of aryl methyl sites for hydroxylation is 1. The van der Waals surface area contributed by atoms with Crippen molar-refractivity contribution in [2.45, 2.75) is 57.7 Å². The first-order chi connectivity index (χ1) is 10.6. The van der Waals surface area contributed by atoms with E-state index < -0.39 is 0 Å². The summed E-state index contributed by atoms with van der Waals surface area (Å²) in [7, 11) is 1.97. The molecule has 1 aliphatic heterocycles. The predicted octanol–water partition coefficient (Wildman–Crippen LogP) is 1.51. The van der Waals surface area contributed by atoms with Gasteiger partial charge in [0.25, 0.3) is 0 Å². The molecule has 2 heterocycles. The molecule has 1 saturated heterocycles. The lowest BCUT2D eigenvalue weighted by molar-refractivity contribution is 0.0242. The molecule has 1 atom stereocenters. The van der Waals surface area contributed by atoms with E-state index in [1.54, 1.807) is 0 Å². The third-order valence-corrected chi connectivity index (χ3v) is 4.41. The van der Waals surface area contributed by atoms with E-state index in [9.17, 15) is 0 Å². The largest absolute Gasteiger partial charge is 0.373 e. The second-order valence-electron chi connectivity index (χ2n) is 6.56. The van der Waals surface area contributed by atoms with Gasteiger partial charge in [0, 0.05) is 26.2 Å². The summed E-state index contributed by atoms with van der Waals surface area (Å²) < 4.78 is 7.80. The van der Waals surface area contributed by atoms with Crippen molar-refractivity contribution in [2.24, 2.45) is 12.0 Å². The minimum absolute atomic E-state index is 0. The fraction of sp³-hybridized carbons (Fsp3) is 0.800. The molecule has 1 aromatic heterocycles. The average Bonchev–Trinajstić information content (AvgIpc) is 3.13. The van der Waals surface area contributed by atoms with E-state index in [2.05, 4.69) is 32.7 Å². The number of nitrogens with one attached hydrogen (secondary N) is 2. The number of ether oxygens (including phenoxy) is 1. The van der Waals surface area contributed by atoms with Gasteiger partial charge in [0.15, 0.2) is 11.8 Å². The molecule has 3 rings (SSSR count). The molecule has 1 aliphatic carbocycles. The van der Waals surface area contributed by atoms with Crippen molar-refractivity contribution in [3.05, 3.63) is 11.6 Å². The quantitative estimate of drug-likeness (QED) is 0.418. The lowest BCUT2D eigenvalue weighted by Gasteiger charge is -2.24. The van der Waals surface area contributed by atoms with Crippen molar-refractivity contribution in [1.82, 2.24) is 25.4 Å². The first kappa shape index (κ1) is 18.4. The highest BCUT2D eigenvalue weighted by atomic mass is 127. The Morgan fingerprint density at radius 1 is 1.43 bits per heavy atom. The van der Waals surface area contributed by atoms with Gasteiger partial charge in [-0.2, -0.15) is 0 Å². The molecule has 1 saturated carbocycles. The maximum atomic E-state index is 5.82. The highest BCUT2D eigenvalue weighted by Crippen LogP contribution is 2.24. The van der Waals surface area contributed by atoms with Crippen molar-refractivity contribution in [3.8, 4) is 0 Å². The molecule has 2 N–H and O–H groups in total. The molecule has 0 bridgehead atoms. The second-order valence-corrected chi connectivity index (χ2v) is 6.56. The number of halogens is 1. The second kappa shape index (κ2) is 7.78. The lowest BCUT2D eigenvalue weighted by Crippen LogP contribution is -2.46. The van der Waals surface area contributed by atoms with Crippen LogP contribution < -0.4 is 10.6 Å². The van der Waals surface area contributed by atoms with Crippen molar-refractivity contribution < 1.29 is 4.74 Å². The zero-order valence-electron chi connectivity index (χ0n) is 14.1. The van der Waals surface area contributed by atoms with Crippen LogP contribution in [0.2, 0.25) is 0 Å². The van der Waals surface area contributed by atoms with Gasteiger partial charge in [-0.3, -0.25) is 0 Å². The molecular formula is C15H27IN6O. The predicted molar refractivity (Wildman–Crippen MR) is 100 cm³/mol. The summed E-state index contributed by atoms with van der Waals surface area (Å²) in [6.07, 6.45) is 4.67. The monoisotopic (exact) mass is 434 g/mol. The molecule has 130 valence electrons. The van der Waals surface area contributed by atoms with E-state index in [4.69, 9.17) is 4.74 Å². The van der Waals surface area contributed by atoms with E-state index in [1.807, 2.05) is 18.5 Å². The molecular weight excluding hydrogens is 407 g/mol. The maximum absolute atomic E-state index is 5.82. The van der Waals surface area contributed by atoms with Gasteiger partial charge in [-0.25, -0.2) is 4.99 Å². The molecule has 0 radical (unpaired) electrons. The van der Waals surface area contributed by atoms with Crippen LogP contribution in [0.15, 0.2) is 4.99 Å². The van der Waals surface area contributed by atoms with Crippen molar-refractivity contribution in [1.29, 1.82) is 0 Å². The zero-order chi connectivity index (χ0) is 15.6. The molecule has 2 fully saturated rings.